The summed E-state index contributed by atoms with van der Waals surface area (Å²) >= 11 is 14.2. The van der Waals surface area contributed by atoms with Crippen LogP contribution in [0.3, 0.4) is 0 Å². The molecule has 0 saturated heterocycles. The van der Waals surface area contributed by atoms with Crippen molar-refractivity contribution in [3.05, 3.63) is 116 Å². The molecule has 44 heavy (non-hydrogen) atoms. The summed E-state index contributed by atoms with van der Waals surface area (Å²) in [6.07, 6.45) is 0.506. The molecule has 3 N–H and O–H groups in total. The minimum atomic E-state index is -0.884. The van der Waals surface area contributed by atoms with Gasteiger partial charge in [0, 0.05) is 51.0 Å². The van der Waals surface area contributed by atoms with E-state index in [1.807, 2.05) is 36.4 Å². The summed E-state index contributed by atoms with van der Waals surface area (Å²) < 4.78 is 18.2. The number of fused-ring (bicyclic) bond motifs is 3. The van der Waals surface area contributed by atoms with Gasteiger partial charge in [0.05, 0.1) is 30.1 Å². The van der Waals surface area contributed by atoms with Gasteiger partial charge in [0.25, 0.3) is 0 Å². The fourth-order valence-electron chi connectivity index (χ4n) is 6.05. The molecule has 3 aliphatic heterocycles. The van der Waals surface area contributed by atoms with E-state index in [9.17, 15) is 9.59 Å². The van der Waals surface area contributed by atoms with Crippen LogP contribution in [0.15, 0.2) is 72.8 Å². The number of rotatable bonds is 6. The molecule has 7 nitrogen and oxygen atoms in total. The summed E-state index contributed by atoms with van der Waals surface area (Å²) in [4.78, 5) is 27.4. The van der Waals surface area contributed by atoms with Gasteiger partial charge in [-0.05, 0) is 53.1 Å². The fourth-order valence-corrected chi connectivity index (χ4v) is 7.83. The van der Waals surface area contributed by atoms with Crippen LogP contribution in [0.5, 0.6) is 11.5 Å². The maximum atomic E-state index is 13.8. The summed E-state index contributed by atoms with van der Waals surface area (Å²) in [5, 5.41) is 2.93. The summed E-state index contributed by atoms with van der Waals surface area (Å²) in [5.74, 6) is 0.641. The Morgan fingerprint density at radius 3 is 2.43 bits per heavy atom. The number of nitrogen functional groups attached to an aromatic ring is 1. The molecule has 0 spiro atoms. The van der Waals surface area contributed by atoms with Gasteiger partial charge < -0.3 is 25.3 Å². The van der Waals surface area contributed by atoms with Crippen molar-refractivity contribution in [2.24, 2.45) is 0 Å². The molecule has 0 saturated carbocycles. The molecule has 0 fully saturated rings. The molecule has 3 unspecified atom stereocenters. The Labute approximate surface area is 269 Å². The molecule has 224 valence electrons. The Hall–Kier alpha value is -3.85. The molecule has 4 aromatic carbocycles. The number of hydrogen-bond donors (Lipinski definition) is 2. The van der Waals surface area contributed by atoms with Crippen LogP contribution >= 0.6 is 35.0 Å². The van der Waals surface area contributed by atoms with Gasteiger partial charge in [-0.15, -0.1) is 11.8 Å². The van der Waals surface area contributed by atoms with Gasteiger partial charge in [-0.25, -0.2) is 0 Å². The number of ether oxygens (including phenoxy) is 3. The lowest BCUT2D eigenvalue weighted by Crippen LogP contribution is -2.28. The number of amides is 1. The first-order valence-electron chi connectivity index (χ1n) is 14.3. The number of hydrogen-bond acceptors (Lipinski definition) is 7. The van der Waals surface area contributed by atoms with Crippen molar-refractivity contribution in [2.45, 2.75) is 35.9 Å². The van der Waals surface area contributed by atoms with E-state index < -0.39 is 17.3 Å². The largest absolute Gasteiger partial charge is 0.493 e. The third-order valence-corrected chi connectivity index (χ3v) is 10.1. The SMILES string of the molecule is Nc1ccc(Cl)cc1C(OC(=O)CC1SC(c2cccc3c2OCC3)c2cc(Cl)ccc2NC1=O)c1cccc2c1OCC2. The molecule has 3 atom stereocenters. The lowest BCUT2D eigenvalue weighted by atomic mass is 9.96. The number of thioether (sulfide) groups is 1. The Morgan fingerprint density at radius 2 is 1.61 bits per heavy atom. The van der Waals surface area contributed by atoms with E-state index >= 15 is 0 Å². The fraction of sp³-hybridized carbons (Fsp3) is 0.235. The van der Waals surface area contributed by atoms with Gasteiger partial charge in [0.2, 0.25) is 5.91 Å². The second kappa shape index (κ2) is 11.9. The van der Waals surface area contributed by atoms with Gasteiger partial charge in [-0.3, -0.25) is 9.59 Å². The number of anilines is 2. The highest BCUT2D eigenvalue weighted by Gasteiger charge is 2.37. The molecule has 0 radical (unpaired) electrons. The summed E-state index contributed by atoms with van der Waals surface area (Å²) in [6, 6.07) is 22.3. The van der Waals surface area contributed by atoms with Crippen molar-refractivity contribution in [3.63, 3.8) is 0 Å². The van der Waals surface area contributed by atoms with E-state index in [2.05, 4.69) is 11.4 Å². The average molecular weight is 648 g/mol. The average Bonchev–Trinajstić information content (AvgIpc) is 3.68. The van der Waals surface area contributed by atoms with Crippen molar-refractivity contribution in [1.82, 2.24) is 0 Å². The van der Waals surface area contributed by atoms with Crippen LogP contribution in [-0.2, 0) is 27.2 Å². The number of nitrogens with one attached hydrogen (secondary N) is 1. The Balaban J connectivity index is 1.22. The van der Waals surface area contributed by atoms with Crippen LogP contribution < -0.4 is 20.5 Å². The zero-order valence-corrected chi connectivity index (χ0v) is 25.8. The van der Waals surface area contributed by atoms with Crippen LogP contribution in [0.2, 0.25) is 10.0 Å². The predicted molar refractivity (Wildman–Crippen MR) is 173 cm³/mol. The lowest BCUT2D eigenvalue weighted by molar-refractivity contribution is -0.148. The standard InChI is InChI=1S/C34H28Cl2N2O5S/c35-20-7-9-26(37)24(15-20)32(22-5-1-3-18-11-13-41-30(18)22)43-29(39)17-28-34(40)38-27-10-8-21(36)16-25(27)33(44-28)23-6-2-4-19-12-14-42-31(19)23/h1-10,15-16,28,32-33H,11-14,17,37H2,(H,38,40). The third kappa shape index (κ3) is 5.47. The van der Waals surface area contributed by atoms with E-state index in [1.165, 1.54) is 11.8 Å². The van der Waals surface area contributed by atoms with Crippen LogP contribution in [0.4, 0.5) is 11.4 Å². The second-order valence-electron chi connectivity index (χ2n) is 10.9. The Kier molecular flexibility index (Phi) is 7.83. The van der Waals surface area contributed by atoms with Crippen molar-refractivity contribution in [3.8, 4) is 11.5 Å². The van der Waals surface area contributed by atoms with Gasteiger partial charge >= 0.3 is 5.97 Å². The predicted octanol–water partition coefficient (Wildman–Crippen LogP) is 7.31. The zero-order valence-electron chi connectivity index (χ0n) is 23.5. The minimum Gasteiger partial charge on any atom is -0.493 e. The summed E-state index contributed by atoms with van der Waals surface area (Å²) in [7, 11) is 0. The highest BCUT2D eigenvalue weighted by Crippen LogP contribution is 2.50. The van der Waals surface area contributed by atoms with Crippen molar-refractivity contribution in [1.29, 1.82) is 0 Å². The quantitative estimate of drug-likeness (QED) is 0.167. The molecular weight excluding hydrogens is 619 g/mol. The van der Waals surface area contributed by atoms with E-state index in [1.54, 1.807) is 30.3 Å². The molecule has 0 aliphatic carbocycles. The van der Waals surface area contributed by atoms with Gasteiger partial charge in [0.1, 0.15) is 11.5 Å². The molecule has 1 amide bonds. The molecule has 0 aromatic heterocycles. The minimum absolute atomic E-state index is 0.183. The first-order valence-corrected chi connectivity index (χ1v) is 16.0. The third-order valence-electron chi connectivity index (χ3n) is 8.13. The van der Waals surface area contributed by atoms with Crippen LogP contribution in [-0.4, -0.2) is 30.3 Å². The number of para-hydroxylation sites is 2. The molecule has 7 rings (SSSR count). The van der Waals surface area contributed by atoms with Crippen molar-refractivity contribution in [2.75, 3.05) is 24.3 Å². The lowest BCUT2D eigenvalue weighted by Gasteiger charge is -2.24. The van der Waals surface area contributed by atoms with Crippen molar-refractivity contribution < 1.29 is 23.8 Å². The highest BCUT2D eigenvalue weighted by molar-refractivity contribution is 8.01. The van der Waals surface area contributed by atoms with E-state index in [-0.39, 0.29) is 17.6 Å². The van der Waals surface area contributed by atoms with Gasteiger partial charge in [0.15, 0.2) is 6.10 Å². The van der Waals surface area contributed by atoms with Crippen LogP contribution in [0.1, 0.15) is 51.2 Å². The molecule has 3 heterocycles. The zero-order chi connectivity index (χ0) is 30.4. The summed E-state index contributed by atoms with van der Waals surface area (Å²) in [6.45, 7) is 1.13. The van der Waals surface area contributed by atoms with Gasteiger partial charge in [-0.1, -0.05) is 59.6 Å². The molecular formula is C34H28Cl2N2O5S. The monoisotopic (exact) mass is 646 g/mol. The second-order valence-corrected chi connectivity index (χ2v) is 13.1. The Morgan fingerprint density at radius 1 is 0.909 bits per heavy atom. The van der Waals surface area contributed by atoms with Crippen LogP contribution in [0, 0.1) is 0 Å². The van der Waals surface area contributed by atoms with E-state index in [0.717, 1.165) is 40.8 Å². The molecule has 0 bridgehead atoms. The number of esters is 1. The first kappa shape index (κ1) is 28.9. The maximum absolute atomic E-state index is 13.8. The number of benzene rings is 4. The molecule has 4 aromatic rings. The first-order chi connectivity index (χ1) is 21.4. The normalized spacial score (nSPS) is 19.0. The maximum Gasteiger partial charge on any atom is 0.308 e. The smallest absolute Gasteiger partial charge is 0.308 e. The number of carbonyl (C=O) groups excluding carboxylic acids is 2. The topological polar surface area (TPSA) is 99.9 Å². The number of halogens is 2. The molecule has 10 heteroatoms. The number of nitrogens with two attached hydrogens (primary N) is 1. The van der Waals surface area contributed by atoms with E-state index in [0.29, 0.717) is 51.5 Å². The highest BCUT2D eigenvalue weighted by atomic mass is 35.5. The van der Waals surface area contributed by atoms with Gasteiger partial charge in [-0.2, -0.15) is 0 Å². The van der Waals surface area contributed by atoms with Crippen molar-refractivity contribution >= 4 is 58.2 Å². The molecule has 3 aliphatic rings. The number of carbonyl (C=O) groups is 2. The Bertz CT molecular complexity index is 1800. The van der Waals surface area contributed by atoms with E-state index in [4.69, 9.17) is 43.1 Å². The van der Waals surface area contributed by atoms with Crippen LogP contribution in [0.25, 0.3) is 0 Å². The summed E-state index contributed by atoms with van der Waals surface area (Å²) in [5.41, 5.74) is 12.6.